The van der Waals surface area contributed by atoms with Gasteiger partial charge in [-0.3, -0.25) is 96.1 Å². The Labute approximate surface area is 728 Å². The number of carboxylic acids is 3. The Morgan fingerprint density at radius 2 is 0.536 bits per heavy atom. The molecule has 0 aromatic heterocycles. The van der Waals surface area contributed by atoms with Crippen molar-refractivity contribution in [1.29, 1.82) is 0 Å². The zero-order valence-electron chi connectivity index (χ0n) is 74.0. The number of primary amides is 3. The molecule has 0 bridgehead atoms. The number of carboxylic acid groups (broad SMARTS) is 3. The fraction of sp³-hybridized carbons (Fsp3) is 0.734. The first-order valence-corrected chi connectivity index (χ1v) is 42.5. The second kappa shape index (κ2) is 60.2. The molecule has 0 aromatic rings. The quantitative estimate of drug-likeness (QED) is 0.0153. The van der Waals surface area contributed by atoms with Crippen LogP contribution in [-0.4, -0.2) is 250 Å². The summed E-state index contributed by atoms with van der Waals surface area (Å²) in [7, 11) is 0. The lowest BCUT2D eigenvalue weighted by atomic mass is 9.94. The molecule has 46 nitrogen and oxygen atoms in total. The highest BCUT2D eigenvalue weighted by atomic mass is 16.4. The van der Waals surface area contributed by atoms with Gasteiger partial charge in [0.2, 0.25) is 100 Å². The standard InChI is InChI=1S/C79H141N23O23/c1-13-40(7)60(74(120)90-45(12)65(111)91-49(25-30-55(83)103)70(116)98-54(78(124)125)38-39(5)6)102-77(123)63(43(10)16-4)101-73(119)53(29-34-59(108)109)95-68(114)50(26-31-56(84)104)96-75(121)61(41(8)14-2)99-71(117)48(24-21-37-88-79(86)87)94-67(113)47(23-18-20-36-81)93-69(115)52(28-33-58(106)107)97-76(122)62(42(9)15-3)100-72(118)51(27-32-57(85)105)92-64(110)44(11)89-66(112)46(82)22-17-19-35-80/h39-54,60-63H,13-38,80-82H2,1-12H3,(H2,83,103)(H2,84,104)(H2,85,105)(H,89,112)(H,90,120)(H,91,111)(H,92,110)(H,93,115)(H,94,113)(H,95,114)(H,96,121)(H,97,122)(H,98,116)(H,99,117)(H,100,118)(H,101,119)(H,102,123)(H,106,107)(H,108,109)(H,124,125)(H4,86,87,88)/t40-,41-,42-,43-,44-,45-,46-,47-,48-,49-,50-,51-,52-,53-,54-,60-,61-,62-,63-/m0/s1. The summed E-state index contributed by atoms with van der Waals surface area (Å²) in [6, 6.07) is -23.0. The molecule has 33 N–H and O–H groups in total. The third-order valence-electron chi connectivity index (χ3n) is 21.0. The Kier molecular flexibility index (Phi) is 54.7. The van der Waals surface area contributed by atoms with Crippen molar-refractivity contribution < 1.29 is 111 Å². The van der Waals surface area contributed by atoms with Crippen molar-refractivity contribution in [3.63, 3.8) is 0 Å². The van der Waals surface area contributed by atoms with Crippen molar-refractivity contribution in [1.82, 2.24) is 74.4 Å². The van der Waals surface area contributed by atoms with Gasteiger partial charge < -0.3 is 136 Å². The summed E-state index contributed by atoms with van der Waals surface area (Å²) in [5, 5.41) is 64.5. The minimum Gasteiger partial charge on any atom is -0.481 e. The maximum absolute atomic E-state index is 14.9. The number of nitrogens with one attached hydrogen (secondary N) is 14. The number of carbonyl (C=O) groups excluding carboxylic acids is 17. The van der Waals surface area contributed by atoms with Crippen LogP contribution in [0, 0.1) is 29.6 Å². The minimum absolute atomic E-state index is 0.0134. The molecule has 46 heteroatoms. The molecular formula is C79H141N23O23. The van der Waals surface area contributed by atoms with Gasteiger partial charge >= 0.3 is 17.9 Å². The van der Waals surface area contributed by atoms with Crippen LogP contribution in [0.4, 0.5) is 0 Å². The molecule has 0 unspecified atom stereocenters. The minimum atomic E-state index is -1.84. The molecule has 0 aliphatic rings. The molecule has 19 atom stereocenters. The molecule has 0 heterocycles. The summed E-state index contributed by atoms with van der Waals surface area (Å²) in [5.41, 5.74) is 44.9. The van der Waals surface area contributed by atoms with E-state index < -0.39 is 290 Å². The number of hydrogen-bond acceptors (Lipinski definition) is 24. The number of carbonyl (C=O) groups is 20. The Balaban J connectivity index is 7.53. The number of aliphatic carboxylic acids is 3. The zero-order valence-corrected chi connectivity index (χ0v) is 74.0. The van der Waals surface area contributed by atoms with Crippen LogP contribution < -0.4 is 120 Å². The lowest BCUT2D eigenvalue weighted by Crippen LogP contribution is -2.62. The van der Waals surface area contributed by atoms with Crippen LogP contribution in [0.2, 0.25) is 0 Å². The van der Waals surface area contributed by atoms with E-state index in [9.17, 15) is 111 Å². The first kappa shape index (κ1) is 114. The summed E-state index contributed by atoms with van der Waals surface area (Å²) < 4.78 is 0. The van der Waals surface area contributed by atoms with Crippen LogP contribution in [0.3, 0.4) is 0 Å². The molecule has 0 saturated heterocycles. The van der Waals surface area contributed by atoms with E-state index in [4.69, 9.17) is 45.9 Å². The molecule has 0 aromatic carbocycles. The monoisotopic (exact) mass is 1780 g/mol. The van der Waals surface area contributed by atoms with Crippen molar-refractivity contribution in [2.24, 2.45) is 80.5 Å². The second-order valence-corrected chi connectivity index (χ2v) is 31.9. The number of nitrogens with zero attached hydrogens (tertiary/aromatic N) is 1. The van der Waals surface area contributed by atoms with E-state index in [1.807, 2.05) is 0 Å². The summed E-state index contributed by atoms with van der Waals surface area (Å²) in [4.78, 5) is 275. The largest absolute Gasteiger partial charge is 0.481 e. The highest BCUT2D eigenvalue weighted by Gasteiger charge is 2.41. The van der Waals surface area contributed by atoms with Crippen molar-refractivity contribution in [2.45, 2.75) is 321 Å². The SMILES string of the molecule is CC[C@H](C)[C@H](NC(=O)[C@H](CCC(N)=O)NC(=O)[C@H](C)NC(=O)[C@@H](N)CCCCN)C(=O)N[C@@H](CCC(=O)O)C(=O)N[C@@H](CCCCN)C(=O)N[C@@H](CCCN=C(N)N)C(=O)N[C@H](C(=O)N[C@@H](CCC(N)=O)C(=O)N[C@@H](CCC(=O)O)C(=O)N[C@H](C(=O)N[C@H](C(=O)N[C@@H](C)C(=O)N[C@@H](CCC(N)=O)C(=O)N[C@@H](CC(C)C)C(=O)O)[C@@H](C)CC)[C@@H](C)CC)[C@@H](C)CC. The van der Waals surface area contributed by atoms with Crippen LogP contribution in [-0.2, 0) is 95.9 Å². The Morgan fingerprint density at radius 1 is 0.288 bits per heavy atom. The molecule has 0 fully saturated rings. The van der Waals surface area contributed by atoms with E-state index in [1.165, 1.54) is 20.8 Å². The molecule has 0 radical (unpaired) electrons. The summed E-state index contributed by atoms with van der Waals surface area (Å²) in [6.45, 7) is 19.1. The number of unbranched alkanes of at least 4 members (excludes halogenated alkanes) is 2. The number of aliphatic imine (C=N–C) groups is 1. The van der Waals surface area contributed by atoms with E-state index >= 15 is 0 Å². The maximum atomic E-state index is 14.9. The van der Waals surface area contributed by atoms with Gasteiger partial charge in [-0.1, -0.05) is 101 Å². The molecule has 0 spiro atoms. The topological polar surface area (TPSA) is 791 Å². The molecule has 0 aliphatic heterocycles. The molecule has 0 aliphatic carbocycles. The third-order valence-corrected chi connectivity index (χ3v) is 21.0. The van der Waals surface area contributed by atoms with Crippen molar-refractivity contribution >= 4 is 124 Å². The second-order valence-electron chi connectivity index (χ2n) is 31.9. The highest BCUT2D eigenvalue weighted by Crippen LogP contribution is 2.19. The number of hydrogen-bond donors (Lipinski definition) is 25. The highest BCUT2D eigenvalue weighted by molar-refractivity contribution is 6.01. The first-order valence-electron chi connectivity index (χ1n) is 42.5. The van der Waals surface area contributed by atoms with Crippen LogP contribution in [0.25, 0.3) is 0 Å². The zero-order chi connectivity index (χ0) is 95.7. The van der Waals surface area contributed by atoms with Gasteiger partial charge in [0, 0.05) is 38.6 Å². The van der Waals surface area contributed by atoms with E-state index in [2.05, 4.69) is 79.4 Å². The average molecular weight is 1780 g/mol. The Morgan fingerprint density at radius 3 is 0.824 bits per heavy atom. The number of rotatable bonds is 66. The number of guanidine groups is 1. The maximum Gasteiger partial charge on any atom is 0.326 e. The van der Waals surface area contributed by atoms with Crippen LogP contribution >= 0.6 is 0 Å². The van der Waals surface area contributed by atoms with Gasteiger partial charge in [0.1, 0.15) is 84.6 Å². The van der Waals surface area contributed by atoms with Crippen LogP contribution in [0.15, 0.2) is 4.99 Å². The van der Waals surface area contributed by atoms with E-state index in [0.29, 0.717) is 19.4 Å². The van der Waals surface area contributed by atoms with Gasteiger partial charge in [-0.2, -0.15) is 0 Å². The lowest BCUT2D eigenvalue weighted by molar-refractivity contribution is -0.143. The molecule has 125 heavy (non-hydrogen) atoms. The predicted octanol–water partition coefficient (Wildman–Crippen LogP) is -5.71. The van der Waals surface area contributed by atoms with E-state index in [1.54, 1.807) is 62.3 Å². The fourth-order valence-corrected chi connectivity index (χ4v) is 12.4. The van der Waals surface area contributed by atoms with Crippen molar-refractivity contribution in [2.75, 3.05) is 19.6 Å². The van der Waals surface area contributed by atoms with Gasteiger partial charge in [-0.15, -0.1) is 0 Å². The van der Waals surface area contributed by atoms with Crippen molar-refractivity contribution in [3.8, 4) is 0 Å². The van der Waals surface area contributed by atoms with Crippen LogP contribution in [0.1, 0.15) is 231 Å². The Bertz CT molecular complexity index is 3640. The number of amides is 17. The predicted molar refractivity (Wildman–Crippen MR) is 456 cm³/mol. The van der Waals surface area contributed by atoms with Gasteiger partial charge in [0.25, 0.3) is 0 Å². The summed E-state index contributed by atoms with van der Waals surface area (Å²) in [5.74, 6) is -24.6. The van der Waals surface area contributed by atoms with Gasteiger partial charge in [-0.25, -0.2) is 4.79 Å². The van der Waals surface area contributed by atoms with Gasteiger partial charge in [-0.05, 0) is 140 Å². The van der Waals surface area contributed by atoms with Gasteiger partial charge in [0.05, 0.1) is 6.04 Å². The third kappa shape index (κ3) is 45.1. The molecular weight excluding hydrogens is 1640 g/mol. The lowest BCUT2D eigenvalue weighted by Gasteiger charge is -2.31. The van der Waals surface area contributed by atoms with Crippen LogP contribution in [0.5, 0.6) is 0 Å². The average Bonchev–Trinajstić information content (AvgIpc) is 0.853. The van der Waals surface area contributed by atoms with Crippen molar-refractivity contribution in [3.05, 3.63) is 0 Å². The van der Waals surface area contributed by atoms with E-state index in [-0.39, 0.29) is 102 Å². The fourth-order valence-electron chi connectivity index (χ4n) is 12.4. The Hall–Kier alpha value is -11.4. The number of nitrogens with two attached hydrogens (primary N) is 8. The molecule has 17 amide bonds. The first-order chi connectivity index (χ1) is 58.5. The molecule has 0 rings (SSSR count). The van der Waals surface area contributed by atoms with E-state index in [0.717, 1.165) is 0 Å². The summed E-state index contributed by atoms with van der Waals surface area (Å²) >= 11 is 0. The molecule has 0 saturated carbocycles. The smallest absolute Gasteiger partial charge is 0.326 e. The van der Waals surface area contributed by atoms with Gasteiger partial charge in [0.15, 0.2) is 5.96 Å². The molecule has 710 valence electrons. The normalized spacial score (nSPS) is 15.7. The summed E-state index contributed by atoms with van der Waals surface area (Å²) in [6.07, 6.45) is -3.61.